The summed E-state index contributed by atoms with van der Waals surface area (Å²) in [6, 6.07) is 30.3. The lowest BCUT2D eigenvalue weighted by molar-refractivity contribution is 0.670. The van der Waals surface area contributed by atoms with E-state index in [1.807, 2.05) is 6.92 Å². The Kier molecular flexibility index (Phi) is 9.11. The van der Waals surface area contributed by atoms with E-state index in [-0.39, 0.29) is 0 Å². The molecule has 3 aromatic carbocycles. The lowest BCUT2D eigenvalue weighted by Gasteiger charge is -2.32. The molecule has 0 amide bonds. The van der Waals surface area contributed by atoms with Crippen molar-refractivity contribution in [2.45, 2.75) is 26.7 Å². The normalized spacial score (nSPS) is 16.9. The van der Waals surface area contributed by atoms with Gasteiger partial charge in [0.25, 0.3) is 0 Å². The van der Waals surface area contributed by atoms with Gasteiger partial charge in [-0.3, -0.25) is 0 Å². The summed E-state index contributed by atoms with van der Waals surface area (Å²) in [5.74, 6) is 0.460. The van der Waals surface area contributed by atoms with Crippen molar-refractivity contribution in [3.8, 4) is 0 Å². The highest BCUT2D eigenvalue weighted by Crippen LogP contribution is 2.36. The Labute approximate surface area is 240 Å². The molecule has 0 N–H and O–H groups in total. The number of anilines is 3. The van der Waals surface area contributed by atoms with E-state index < -0.39 is 0 Å². The molecule has 0 fully saturated rings. The summed E-state index contributed by atoms with van der Waals surface area (Å²) in [6.07, 6.45) is 26.2. The van der Waals surface area contributed by atoms with Crippen LogP contribution in [0.15, 0.2) is 163 Å². The predicted molar refractivity (Wildman–Crippen MR) is 174 cm³/mol. The molecule has 0 aromatic heterocycles. The van der Waals surface area contributed by atoms with E-state index in [4.69, 9.17) is 0 Å². The number of benzene rings is 3. The maximum Gasteiger partial charge on any atom is 0.0458 e. The smallest absolute Gasteiger partial charge is 0.0458 e. The van der Waals surface area contributed by atoms with Gasteiger partial charge >= 0.3 is 0 Å². The summed E-state index contributed by atoms with van der Waals surface area (Å²) in [6.45, 7) is 5.16. The van der Waals surface area contributed by atoms with Gasteiger partial charge in [0.1, 0.15) is 0 Å². The number of hydrogen-bond donors (Lipinski definition) is 0. The molecule has 2 aliphatic carbocycles. The third-order valence-corrected chi connectivity index (χ3v) is 7.33. The number of nitrogens with zero attached hydrogens (tertiary/aromatic N) is 2. The number of para-hydroxylation sites is 2. The third kappa shape index (κ3) is 6.52. The van der Waals surface area contributed by atoms with Crippen LogP contribution in [0.5, 0.6) is 0 Å². The van der Waals surface area contributed by atoms with E-state index in [9.17, 15) is 0 Å². The molecule has 5 rings (SSSR count). The summed E-state index contributed by atoms with van der Waals surface area (Å²) < 4.78 is 0. The van der Waals surface area contributed by atoms with E-state index >= 15 is 0 Å². The van der Waals surface area contributed by atoms with Gasteiger partial charge in [0, 0.05) is 40.9 Å². The van der Waals surface area contributed by atoms with Crippen LogP contribution in [0.4, 0.5) is 17.1 Å². The average Bonchev–Trinajstić information content (AvgIpc) is 3.26. The van der Waals surface area contributed by atoms with Gasteiger partial charge in [-0.15, -0.1) is 0 Å². The molecule has 0 aliphatic heterocycles. The van der Waals surface area contributed by atoms with E-state index in [1.165, 1.54) is 39.6 Å². The van der Waals surface area contributed by atoms with Crippen LogP contribution in [-0.4, -0.2) is 6.54 Å². The minimum Gasteiger partial charge on any atom is -0.338 e. The van der Waals surface area contributed by atoms with Gasteiger partial charge in [-0.25, -0.2) is 0 Å². The fourth-order valence-electron chi connectivity index (χ4n) is 5.21. The van der Waals surface area contributed by atoms with Gasteiger partial charge in [0.2, 0.25) is 0 Å². The van der Waals surface area contributed by atoms with E-state index in [0.717, 1.165) is 19.4 Å². The summed E-state index contributed by atoms with van der Waals surface area (Å²) >= 11 is 0. The highest BCUT2D eigenvalue weighted by molar-refractivity contribution is 5.78. The lowest BCUT2D eigenvalue weighted by atomic mass is 9.96. The third-order valence-electron chi connectivity index (χ3n) is 7.33. The summed E-state index contributed by atoms with van der Waals surface area (Å²) in [5.41, 5.74) is 8.58. The quantitative estimate of drug-likeness (QED) is 0.258. The van der Waals surface area contributed by atoms with Crippen molar-refractivity contribution in [1.29, 1.82) is 0 Å². The molecule has 0 bridgehead atoms. The van der Waals surface area contributed by atoms with Crippen molar-refractivity contribution in [3.63, 3.8) is 0 Å². The molecule has 2 heteroatoms. The molecular weight excluding hydrogens is 484 g/mol. The zero-order chi connectivity index (χ0) is 27.6. The van der Waals surface area contributed by atoms with Crippen LogP contribution in [0.2, 0.25) is 0 Å². The van der Waals surface area contributed by atoms with Crippen molar-refractivity contribution >= 4 is 22.6 Å². The second kappa shape index (κ2) is 13.5. The molecule has 3 aromatic rings. The van der Waals surface area contributed by atoms with Gasteiger partial charge < -0.3 is 9.80 Å². The molecule has 1 atom stereocenters. The van der Waals surface area contributed by atoms with Crippen molar-refractivity contribution < 1.29 is 0 Å². The largest absolute Gasteiger partial charge is 0.338 e. The summed E-state index contributed by atoms with van der Waals surface area (Å²) in [5, 5.41) is 0. The molecular formula is C38H38N2. The van der Waals surface area contributed by atoms with Crippen molar-refractivity contribution in [2.75, 3.05) is 16.3 Å². The zero-order valence-electron chi connectivity index (χ0n) is 23.5. The highest BCUT2D eigenvalue weighted by atomic mass is 15.2. The van der Waals surface area contributed by atoms with Crippen LogP contribution in [0.3, 0.4) is 0 Å². The predicted octanol–water partition coefficient (Wildman–Crippen LogP) is 10.2. The average molecular weight is 523 g/mol. The fourth-order valence-corrected chi connectivity index (χ4v) is 5.21. The lowest BCUT2D eigenvalue weighted by Crippen LogP contribution is -2.22. The second-order valence-corrected chi connectivity index (χ2v) is 10.1. The topological polar surface area (TPSA) is 6.48 Å². The first kappa shape index (κ1) is 27.0. The highest BCUT2D eigenvalue weighted by Gasteiger charge is 2.20. The number of hydrogen-bond acceptors (Lipinski definition) is 2. The van der Waals surface area contributed by atoms with Crippen LogP contribution in [0, 0.1) is 5.92 Å². The van der Waals surface area contributed by atoms with Crippen molar-refractivity contribution in [3.05, 3.63) is 169 Å². The molecule has 0 saturated carbocycles. The monoisotopic (exact) mass is 522 g/mol. The standard InChI is InChI=1S/C38H38N2/c1-3-4-5-14-30-39(34-18-8-6-9-19-34)35-22-15-17-32(24-27-35)33-25-28-37(29-26-33)40(36-20-10-7-11-21-36)38-23-13-12-16-31(38)2/h3-14,17-29,31H,15-16,30H2,1-2H3/b4-3-,14-5-. The van der Waals surface area contributed by atoms with Gasteiger partial charge in [-0.05, 0) is 79.5 Å². The van der Waals surface area contributed by atoms with E-state index in [1.54, 1.807) is 0 Å². The fraction of sp³-hybridized carbons (Fsp3) is 0.158. The van der Waals surface area contributed by atoms with Crippen LogP contribution in [0.1, 0.15) is 32.3 Å². The first-order chi connectivity index (χ1) is 19.7. The Morgan fingerprint density at radius 3 is 2.17 bits per heavy atom. The Balaban J connectivity index is 1.39. The van der Waals surface area contributed by atoms with Gasteiger partial charge in [0.15, 0.2) is 0 Å². The molecule has 200 valence electrons. The molecule has 0 spiro atoms. The summed E-state index contributed by atoms with van der Waals surface area (Å²) in [4.78, 5) is 4.76. The molecule has 1 unspecified atom stereocenters. The van der Waals surface area contributed by atoms with E-state index in [0.29, 0.717) is 5.92 Å². The van der Waals surface area contributed by atoms with Crippen LogP contribution in [0.25, 0.3) is 5.57 Å². The van der Waals surface area contributed by atoms with Gasteiger partial charge in [-0.1, -0.05) is 110 Å². The minimum atomic E-state index is 0.460. The first-order valence-electron chi connectivity index (χ1n) is 14.3. The van der Waals surface area contributed by atoms with Crippen LogP contribution in [-0.2, 0) is 0 Å². The second-order valence-electron chi connectivity index (χ2n) is 10.1. The molecule has 0 saturated heterocycles. The maximum atomic E-state index is 2.40. The van der Waals surface area contributed by atoms with Gasteiger partial charge in [-0.2, -0.15) is 0 Å². The molecule has 0 heterocycles. The Morgan fingerprint density at radius 1 is 0.775 bits per heavy atom. The zero-order valence-corrected chi connectivity index (χ0v) is 23.5. The maximum absolute atomic E-state index is 2.40. The van der Waals surface area contributed by atoms with Crippen molar-refractivity contribution in [1.82, 2.24) is 0 Å². The number of rotatable bonds is 9. The van der Waals surface area contributed by atoms with Gasteiger partial charge in [0.05, 0.1) is 0 Å². The minimum absolute atomic E-state index is 0.460. The van der Waals surface area contributed by atoms with Crippen LogP contribution >= 0.6 is 0 Å². The molecule has 40 heavy (non-hydrogen) atoms. The molecule has 2 nitrogen and oxygen atoms in total. The van der Waals surface area contributed by atoms with Crippen LogP contribution < -0.4 is 9.80 Å². The molecule has 0 radical (unpaired) electrons. The number of allylic oxidation sites excluding steroid dienone is 12. The molecule has 2 aliphatic rings. The van der Waals surface area contributed by atoms with E-state index in [2.05, 4.69) is 168 Å². The van der Waals surface area contributed by atoms with Crippen molar-refractivity contribution in [2.24, 2.45) is 5.92 Å². The summed E-state index contributed by atoms with van der Waals surface area (Å²) in [7, 11) is 0. The first-order valence-corrected chi connectivity index (χ1v) is 14.3. The Bertz CT molecular complexity index is 1470. The SMILES string of the molecule is C/C=C\C=C/CN(C1=CCC=C(c2ccc(N(C3=CC=CCC3C)c3ccccc3)cc2)C=C1)c1ccccc1. The Hall–Kier alpha value is -4.56. The Morgan fingerprint density at radius 2 is 1.48 bits per heavy atom.